The van der Waals surface area contributed by atoms with Crippen LogP contribution < -0.4 is 5.32 Å². The number of sulfonamides is 1. The van der Waals surface area contributed by atoms with Crippen LogP contribution in [-0.4, -0.2) is 49.8 Å². The fourth-order valence-electron chi connectivity index (χ4n) is 3.89. The zero-order chi connectivity index (χ0) is 20.9. The summed E-state index contributed by atoms with van der Waals surface area (Å²) in [6, 6.07) is 6.01. The quantitative estimate of drug-likeness (QED) is 0.712. The molecule has 1 aromatic carbocycles. The monoisotopic (exact) mass is 422 g/mol. The molecule has 1 atom stereocenters. The Morgan fingerprint density at radius 2 is 1.72 bits per heavy atom. The number of ether oxygens (including phenoxy) is 1. The van der Waals surface area contributed by atoms with Gasteiger partial charge in [0, 0.05) is 19.1 Å². The smallest absolute Gasteiger partial charge is 0.338 e. The van der Waals surface area contributed by atoms with Gasteiger partial charge in [0.05, 0.1) is 10.5 Å². The van der Waals surface area contributed by atoms with Crippen molar-refractivity contribution in [2.45, 2.75) is 75.3 Å². The summed E-state index contributed by atoms with van der Waals surface area (Å²) in [6.45, 7) is 2.52. The SMILES string of the molecule is C[C@H](OC(=O)c1cccc(S(=O)(=O)N2CCCCCC2)c1)C(=O)NC1CCCC1. The number of esters is 1. The highest BCUT2D eigenvalue weighted by atomic mass is 32.2. The Hall–Kier alpha value is -1.93. The first-order valence-electron chi connectivity index (χ1n) is 10.5. The van der Waals surface area contributed by atoms with E-state index in [0.29, 0.717) is 13.1 Å². The summed E-state index contributed by atoms with van der Waals surface area (Å²) in [5, 5.41) is 2.90. The van der Waals surface area contributed by atoms with Crippen LogP contribution in [-0.2, 0) is 19.6 Å². The molecule has 8 heteroatoms. The van der Waals surface area contributed by atoms with E-state index < -0.39 is 22.1 Å². The lowest BCUT2D eigenvalue weighted by Gasteiger charge is -2.20. The normalized spacial score (nSPS) is 20.0. The zero-order valence-corrected chi connectivity index (χ0v) is 17.7. The molecule has 0 unspecified atom stereocenters. The molecule has 0 spiro atoms. The van der Waals surface area contributed by atoms with Crippen LogP contribution in [0.3, 0.4) is 0 Å². The molecule has 1 saturated heterocycles. The number of rotatable bonds is 6. The van der Waals surface area contributed by atoms with Gasteiger partial charge in [-0.05, 0) is 50.8 Å². The van der Waals surface area contributed by atoms with Crippen LogP contribution >= 0.6 is 0 Å². The van der Waals surface area contributed by atoms with Crippen LogP contribution in [0, 0.1) is 0 Å². The minimum atomic E-state index is -3.66. The standard InChI is InChI=1S/C21H30N2O5S/c1-16(20(24)22-18-10-4-5-11-18)28-21(25)17-9-8-12-19(15-17)29(26,27)23-13-6-2-3-7-14-23/h8-9,12,15-16,18H,2-7,10-11,13-14H2,1H3,(H,22,24)/t16-/m0/s1. The number of carbonyl (C=O) groups excluding carboxylic acids is 2. The predicted octanol–water partition coefficient (Wildman–Crippen LogP) is 2.86. The van der Waals surface area contributed by atoms with Gasteiger partial charge in [-0.15, -0.1) is 0 Å². The summed E-state index contributed by atoms with van der Waals surface area (Å²) < 4.78 is 32.7. The van der Waals surface area contributed by atoms with E-state index in [1.807, 2.05) is 0 Å². The number of hydrogen-bond acceptors (Lipinski definition) is 5. The van der Waals surface area contributed by atoms with E-state index in [9.17, 15) is 18.0 Å². The molecule has 29 heavy (non-hydrogen) atoms. The first-order chi connectivity index (χ1) is 13.9. The molecular formula is C21H30N2O5S. The van der Waals surface area contributed by atoms with E-state index in [4.69, 9.17) is 4.74 Å². The lowest BCUT2D eigenvalue weighted by Crippen LogP contribution is -2.40. The fourth-order valence-corrected chi connectivity index (χ4v) is 5.45. The van der Waals surface area contributed by atoms with E-state index in [2.05, 4.69) is 5.32 Å². The Labute approximate surface area is 172 Å². The van der Waals surface area contributed by atoms with Crippen molar-refractivity contribution in [3.8, 4) is 0 Å². The molecule has 1 aliphatic carbocycles. The minimum Gasteiger partial charge on any atom is -0.449 e. The molecule has 3 rings (SSSR count). The molecule has 1 saturated carbocycles. The number of benzene rings is 1. The highest BCUT2D eigenvalue weighted by Crippen LogP contribution is 2.22. The second kappa shape index (κ2) is 9.71. The minimum absolute atomic E-state index is 0.0805. The van der Waals surface area contributed by atoms with E-state index in [1.54, 1.807) is 0 Å². The molecule has 1 amide bonds. The maximum atomic E-state index is 12.9. The molecule has 0 aromatic heterocycles. The van der Waals surface area contributed by atoms with Crippen LogP contribution in [0.5, 0.6) is 0 Å². The highest BCUT2D eigenvalue weighted by molar-refractivity contribution is 7.89. The second-order valence-corrected chi connectivity index (χ2v) is 9.82. The van der Waals surface area contributed by atoms with E-state index >= 15 is 0 Å². The molecule has 0 bridgehead atoms. The van der Waals surface area contributed by atoms with Crippen molar-refractivity contribution in [2.24, 2.45) is 0 Å². The highest BCUT2D eigenvalue weighted by Gasteiger charge is 2.27. The Morgan fingerprint density at radius 3 is 2.38 bits per heavy atom. The average Bonchev–Trinajstić information content (AvgIpc) is 3.06. The van der Waals surface area contributed by atoms with Gasteiger partial charge in [0.2, 0.25) is 10.0 Å². The molecule has 1 heterocycles. The van der Waals surface area contributed by atoms with Crippen molar-refractivity contribution in [3.05, 3.63) is 29.8 Å². The first-order valence-corrected chi connectivity index (χ1v) is 11.9. The number of carbonyl (C=O) groups is 2. The van der Waals surface area contributed by atoms with Crippen LogP contribution in [0.2, 0.25) is 0 Å². The van der Waals surface area contributed by atoms with E-state index in [1.165, 1.54) is 35.5 Å². The molecule has 1 aliphatic heterocycles. The Bertz CT molecular complexity index is 825. The molecule has 2 aliphatic rings. The predicted molar refractivity (Wildman–Crippen MR) is 109 cm³/mol. The van der Waals surface area contributed by atoms with Gasteiger partial charge >= 0.3 is 5.97 Å². The van der Waals surface area contributed by atoms with E-state index in [0.717, 1.165) is 51.4 Å². The zero-order valence-electron chi connectivity index (χ0n) is 16.9. The lowest BCUT2D eigenvalue weighted by molar-refractivity contribution is -0.129. The van der Waals surface area contributed by atoms with Gasteiger partial charge in [0.15, 0.2) is 6.10 Å². The molecule has 160 valence electrons. The Morgan fingerprint density at radius 1 is 1.07 bits per heavy atom. The third kappa shape index (κ3) is 5.57. The lowest BCUT2D eigenvalue weighted by atomic mass is 10.2. The molecule has 2 fully saturated rings. The summed E-state index contributed by atoms with van der Waals surface area (Å²) in [4.78, 5) is 24.8. The van der Waals surface area contributed by atoms with Gasteiger partial charge in [-0.1, -0.05) is 31.7 Å². The average molecular weight is 423 g/mol. The summed E-state index contributed by atoms with van der Waals surface area (Å²) in [5.74, 6) is -1.02. The van der Waals surface area contributed by atoms with Crippen molar-refractivity contribution in [1.29, 1.82) is 0 Å². The van der Waals surface area contributed by atoms with Gasteiger partial charge in [-0.2, -0.15) is 4.31 Å². The van der Waals surface area contributed by atoms with Crippen LogP contribution in [0.15, 0.2) is 29.2 Å². The van der Waals surface area contributed by atoms with Gasteiger partial charge < -0.3 is 10.1 Å². The summed E-state index contributed by atoms with van der Waals surface area (Å²) in [6.07, 6.45) is 6.89. The van der Waals surface area contributed by atoms with Crippen molar-refractivity contribution in [3.63, 3.8) is 0 Å². The van der Waals surface area contributed by atoms with Gasteiger partial charge in [0.25, 0.3) is 5.91 Å². The topological polar surface area (TPSA) is 92.8 Å². The van der Waals surface area contributed by atoms with Crippen molar-refractivity contribution in [1.82, 2.24) is 9.62 Å². The second-order valence-electron chi connectivity index (χ2n) is 7.88. The largest absolute Gasteiger partial charge is 0.449 e. The first kappa shape index (κ1) is 21.8. The fraction of sp³-hybridized carbons (Fsp3) is 0.619. The summed E-state index contributed by atoms with van der Waals surface area (Å²) in [5.41, 5.74) is 0.126. The maximum absolute atomic E-state index is 12.9. The molecule has 0 radical (unpaired) electrons. The summed E-state index contributed by atoms with van der Waals surface area (Å²) in [7, 11) is -3.66. The number of amides is 1. The maximum Gasteiger partial charge on any atom is 0.338 e. The third-order valence-electron chi connectivity index (χ3n) is 5.63. The third-order valence-corrected chi connectivity index (χ3v) is 7.52. The molecule has 1 aromatic rings. The number of nitrogens with one attached hydrogen (secondary N) is 1. The molecule has 1 N–H and O–H groups in total. The van der Waals surface area contributed by atoms with Gasteiger partial charge in [-0.3, -0.25) is 4.79 Å². The van der Waals surface area contributed by atoms with Crippen LogP contribution in [0.25, 0.3) is 0 Å². The Balaban J connectivity index is 1.66. The van der Waals surface area contributed by atoms with Gasteiger partial charge in [0.1, 0.15) is 0 Å². The van der Waals surface area contributed by atoms with Crippen molar-refractivity contribution < 1.29 is 22.7 Å². The van der Waals surface area contributed by atoms with Crippen molar-refractivity contribution in [2.75, 3.05) is 13.1 Å². The number of nitrogens with zero attached hydrogens (tertiary/aromatic N) is 1. The van der Waals surface area contributed by atoms with Gasteiger partial charge in [-0.25, -0.2) is 13.2 Å². The molecular weight excluding hydrogens is 392 g/mol. The van der Waals surface area contributed by atoms with E-state index in [-0.39, 0.29) is 22.4 Å². The Kier molecular flexibility index (Phi) is 7.29. The van der Waals surface area contributed by atoms with Crippen molar-refractivity contribution >= 4 is 21.9 Å². The van der Waals surface area contributed by atoms with Crippen LogP contribution in [0.4, 0.5) is 0 Å². The molecule has 7 nitrogen and oxygen atoms in total. The summed E-state index contributed by atoms with van der Waals surface area (Å²) >= 11 is 0. The number of hydrogen-bond donors (Lipinski definition) is 1. The van der Waals surface area contributed by atoms with Crippen LogP contribution in [0.1, 0.15) is 68.6 Å².